The van der Waals surface area contributed by atoms with Crippen molar-refractivity contribution in [3.8, 4) is 0 Å². The highest BCUT2D eigenvalue weighted by atomic mass is 35.5. The van der Waals surface area contributed by atoms with Crippen molar-refractivity contribution in [3.63, 3.8) is 0 Å². The van der Waals surface area contributed by atoms with Crippen LogP contribution in [0.2, 0.25) is 0 Å². The fraction of sp³-hybridized carbons (Fsp3) is 0.700. The first-order valence-electron chi connectivity index (χ1n) is 4.82. The zero-order valence-electron chi connectivity index (χ0n) is 7.99. The van der Waals surface area contributed by atoms with Gasteiger partial charge in [-0.15, -0.1) is 0 Å². The molecule has 0 aromatic carbocycles. The predicted molar refractivity (Wildman–Crippen MR) is 57.4 cm³/mol. The second-order valence-electron chi connectivity index (χ2n) is 4.10. The minimum Gasteiger partial charge on any atom is -0.340 e. The molecule has 1 fully saturated rings. The number of allylic oxidation sites excluding steroid dienone is 1. The second-order valence-corrected chi connectivity index (χ2v) is 5.19. The highest BCUT2D eigenvalue weighted by molar-refractivity contribution is 6.53. The summed E-state index contributed by atoms with van der Waals surface area (Å²) in [4.78, 5) is 12.3. The van der Waals surface area contributed by atoms with Crippen molar-refractivity contribution in [3.05, 3.63) is 12.2 Å². The fourth-order valence-electron chi connectivity index (χ4n) is 2.51. The zero-order chi connectivity index (χ0) is 10.3. The van der Waals surface area contributed by atoms with Crippen LogP contribution in [0.5, 0.6) is 0 Å². The lowest BCUT2D eigenvalue weighted by atomic mass is 10.0. The van der Waals surface area contributed by atoms with Crippen molar-refractivity contribution in [1.82, 2.24) is 4.90 Å². The lowest BCUT2D eigenvalue weighted by Crippen LogP contribution is -2.42. The molecule has 2 aliphatic carbocycles. The molecule has 0 aliphatic heterocycles. The maximum atomic E-state index is 11.5. The molecule has 4 heteroatoms. The lowest BCUT2D eigenvalue weighted by Gasteiger charge is -2.29. The van der Waals surface area contributed by atoms with Gasteiger partial charge in [-0.1, -0.05) is 35.4 Å². The molecule has 1 amide bonds. The minimum absolute atomic E-state index is 0.181. The normalized spacial score (nSPS) is 34.1. The van der Waals surface area contributed by atoms with E-state index in [1.165, 1.54) is 6.42 Å². The smallest absolute Gasteiger partial charge is 0.255 e. The maximum absolute atomic E-state index is 11.5. The van der Waals surface area contributed by atoms with Gasteiger partial charge >= 0.3 is 0 Å². The monoisotopic (exact) mass is 233 g/mol. The Hall–Kier alpha value is -0.210. The van der Waals surface area contributed by atoms with Crippen LogP contribution in [-0.2, 0) is 4.79 Å². The van der Waals surface area contributed by atoms with E-state index in [1.807, 2.05) is 0 Å². The SMILES string of the molecule is CN(C(=O)C(Cl)Cl)[C@H]1C[C@@H]2C=C[C@H]1C2. The molecule has 0 spiro atoms. The Labute approximate surface area is 93.9 Å². The third kappa shape index (κ3) is 1.66. The van der Waals surface area contributed by atoms with Crippen LogP contribution in [0.4, 0.5) is 0 Å². The average molecular weight is 234 g/mol. The molecule has 2 nitrogen and oxygen atoms in total. The number of carbonyl (C=O) groups excluding carboxylic acids is 1. The molecule has 78 valence electrons. The largest absolute Gasteiger partial charge is 0.340 e. The minimum atomic E-state index is -0.928. The first-order valence-corrected chi connectivity index (χ1v) is 5.70. The molecule has 0 aromatic rings. The van der Waals surface area contributed by atoms with Crippen LogP contribution < -0.4 is 0 Å². The van der Waals surface area contributed by atoms with Crippen molar-refractivity contribution in [1.29, 1.82) is 0 Å². The van der Waals surface area contributed by atoms with Crippen molar-refractivity contribution in [2.24, 2.45) is 11.8 Å². The highest BCUT2D eigenvalue weighted by Gasteiger charge is 2.40. The predicted octanol–water partition coefficient (Wildman–Crippen LogP) is 2.21. The van der Waals surface area contributed by atoms with Gasteiger partial charge in [0.05, 0.1) is 0 Å². The molecule has 2 rings (SSSR count). The van der Waals surface area contributed by atoms with Gasteiger partial charge in [-0.25, -0.2) is 0 Å². The molecule has 3 atom stereocenters. The van der Waals surface area contributed by atoms with Gasteiger partial charge in [-0.2, -0.15) is 0 Å². The molecular weight excluding hydrogens is 221 g/mol. The number of carbonyl (C=O) groups is 1. The summed E-state index contributed by atoms with van der Waals surface area (Å²) in [6.07, 6.45) is 6.69. The van der Waals surface area contributed by atoms with Gasteiger partial charge in [0, 0.05) is 13.1 Å². The molecule has 1 saturated carbocycles. The summed E-state index contributed by atoms with van der Waals surface area (Å²) in [5.74, 6) is 0.990. The topological polar surface area (TPSA) is 20.3 Å². The van der Waals surface area contributed by atoms with E-state index in [1.54, 1.807) is 11.9 Å². The Morgan fingerprint density at radius 1 is 1.43 bits per heavy atom. The van der Waals surface area contributed by atoms with Crippen LogP contribution >= 0.6 is 23.2 Å². The van der Waals surface area contributed by atoms with Gasteiger partial charge in [-0.05, 0) is 24.7 Å². The maximum Gasteiger partial charge on any atom is 0.255 e. The molecule has 2 aliphatic rings. The summed E-state index contributed by atoms with van der Waals surface area (Å²) in [7, 11) is 1.79. The third-order valence-electron chi connectivity index (χ3n) is 3.28. The van der Waals surface area contributed by atoms with Crippen LogP contribution in [0.1, 0.15) is 12.8 Å². The molecule has 0 unspecified atom stereocenters. The van der Waals surface area contributed by atoms with Crippen molar-refractivity contribution < 1.29 is 4.79 Å². The Kier molecular flexibility index (Phi) is 2.76. The number of hydrogen-bond acceptors (Lipinski definition) is 1. The molecular formula is C10H13Cl2NO. The van der Waals surface area contributed by atoms with Gasteiger partial charge in [-0.3, -0.25) is 4.79 Å². The van der Waals surface area contributed by atoms with Gasteiger partial charge in [0.1, 0.15) is 0 Å². The van der Waals surface area contributed by atoms with Crippen LogP contribution in [0.25, 0.3) is 0 Å². The molecule has 0 aromatic heterocycles. The van der Waals surface area contributed by atoms with E-state index in [4.69, 9.17) is 23.2 Å². The molecule has 2 bridgehead atoms. The Morgan fingerprint density at radius 3 is 2.57 bits per heavy atom. The van der Waals surface area contributed by atoms with Crippen molar-refractivity contribution >= 4 is 29.1 Å². The van der Waals surface area contributed by atoms with Crippen molar-refractivity contribution in [2.45, 2.75) is 23.7 Å². The second kappa shape index (κ2) is 3.74. The Morgan fingerprint density at radius 2 is 2.14 bits per heavy atom. The summed E-state index contributed by atoms with van der Waals surface area (Å²) in [5, 5.41) is 0. The molecule has 14 heavy (non-hydrogen) atoms. The Balaban J connectivity index is 2.03. The van der Waals surface area contributed by atoms with Crippen molar-refractivity contribution in [2.75, 3.05) is 7.05 Å². The fourth-order valence-corrected chi connectivity index (χ4v) is 2.82. The van der Waals surface area contributed by atoms with Crippen LogP contribution in [-0.4, -0.2) is 28.7 Å². The first kappa shape index (κ1) is 10.3. The van der Waals surface area contributed by atoms with E-state index in [0.717, 1.165) is 6.42 Å². The lowest BCUT2D eigenvalue weighted by molar-refractivity contribution is -0.130. The standard InChI is InChI=1S/C10H13Cl2NO/c1-13(10(14)9(11)12)8-5-6-2-3-7(8)4-6/h2-3,6-9H,4-5H2,1H3/t6-,7+,8+/m1/s1. The number of rotatable bonds is 2. The van der Waals surface area contributed by atoms with Crippen LogP contribution in [0, 0.1) is 11.8 Å². The van der Waals surface area contributed by atoms with E-state index in [0.29, 0.717) is 17.9 Å². The molecule has 0 radical (unpaired) electrons. The van der Waals surface area contributed by atoms with E-state index in [9.17, 15) is 4.79 Å². The zero-order valence-corrected chi connectivity index (χ0v) is 9.50. The third-order valence-corrected chi connectivity index (χ3v) is 3.65. The summed E-state index contributed by atoms with van der Waals surface area (Å²) in [6, 6.07) is 0.303. The number of halogens is 2. The van der Waals surface area contributed by atoms with Crippen LogP contribution in [0.15, 0.2) is 12.2 Å². The molecule has 0 heterocycles. The number of amides is 1. The summed E-state index contributed by atoms with van der Waals surface area (Å²) < 4.78 is 0. The van der Waals surface area contributed by atoms with E-state index in [-0.39, 0.29) is 5.91 Å². The number of fused-ring (bicyclic) bond motifs is 2. The number of nitrogens with zero attached hydrogens (tertiary/aromatic N) is 1. The van der Waals surface area contributed by atoms with Gasteiger partial charge in [0.2, 0.25) is 0 Å². The summed E-state index contributed by atoms with van der Waals surface area (Å²) in [6.45, 7) is 0. The summed E-state index contributed by atoms with van der Waals surface area (Å²) in [5.41, 5.74) is 0. The Bertz CT molecular complexity index is 277. The average Bonchev–Trinajstić information content (AvgIpc) is 2.76. The highest BCUT2D eigenvalue weighted by Crippen LogP contribution is 2.41. The quantitative estimate of drug-likeness (QED) is 0.530. The van der Waals surface area contributed by atoms with Gasteiger partial charge in [0.25, 0.3) is 5.91 Å². The van der Waals surface area contributed by atoms with E-state index < -0.39 is 4.84 Å². The first-order chi connectivity index (χ1) is 6.59. The molecule has 0 N–H and O–H groups in total. The molecule has 0 saturated heterocycles. The summed E-state index contributed by atoms with van der Waals surface area (Å²) >= 11 is 11.1. The van der Waals surface area contributed by atoms with Crippen LogP contribution in [0.3, 0.4) is 0 Å². The number of alkyl halides is 2. The van der Waals surface area contributed by atoms with Gasteiger partial charge in [0.15, 0.2) is 4.84 Å². The van der Waals surface area contributed by atoms with Gasteiger partial charge < -0.3 is 4.90 Å². The van der Waals surface area contributed by atoms with E-state index in [2.05, 4.69) is 12.2 Å². The number of hydrogen-bond donors (Lipinski definition) is 0. The van der Waals surface area contributed by atoms with E-state index >= 15 is 0 Å².